The molecule has 1 N–H and O–H groups in total. The number of benzene rings is 3. The molecule has 0 bridgehead atoms. The zero-order valence-corrected chi connectivity index (χ0v) is 17.4. The van der Waals surface area contributed by atoms with Crippen LogP contribution >= 0.6 is 11.6 Å². The van der Waals surface area contributed by atoms with Crippen molar-refractivity contribution in [1.82, 2.24) is 0 Å². The van der Waals surface area contributed by atoms with Crippen LogP contribution in [0.25, 0.3) is 5.57 Å². The SMILES string of the molecule is Cc1ccc(Cl)cc1NC1=C(c2ccc([N+](=O)[O-])cc2)C(=O)N(c2cccc(F)c2)C1=O. The Bertz CT molecular complexity index is 1300. The number of carbonyl (C=O) groups excluding carboxylic acids is 2. The first kappa shape index (κ1) is 21.2. The molecular formula is C23H15ClFN3O4. The molecule has 0 radical (unpaired) electrons. The van der Waals surface area contributed by atoms with E-state index in [9.17, 15) is 24.1 Å². The third-order valence-corrected chi connectivity index (χ3v) is 5.21. The van der Waals surface area contributed by atoms with Gasteiger partial charge in [0.15, 0.2) is 0 Å². The number of halogens is 2. The average molecular weight is 452 g/mol. The topological polar surface area (TPSA) is 92.6 Å². The van der Waals surface area contributed by atoms with Gasteiger partial charge in [-0.25, -0.2) is 9.29 Å². The van der Waals surface area contributed by atoms with E-state index in [0.717, 1.165) is 16.5 Å². The van der Waals surface area contributed by atoms with Gasteiger partial charge in [-0.3, -0.25) is 19.7 Å². The van der Waals surface area contributed by atoms with Crippen LogP contribution < -0.4 is 10.2 Å². The van der Waals surface area contributed by atoms with Crippen molar-refractivity contribution in [3.8, 4) is 0 Å². The Morgan fingerprint density at radius 2 is 1.72 bits per heavy atom. The predicted octanol–water partition coefficient (Wildman–Crippen LogP) is 5.09. The van der Waals surface area contributed by atoms with Crippen molar-refractivity contribution in [1.29, 1.82) is 0 Å². The maximum atomic E-state index is 13.8. The highest BCUT2D eigenvalue weighted by molar-refractivity contribution is 6.46. The van der Waals surface area contributed by atoms with Crippen molar-refractivity contribution in [3.63, 3.8) is 0 Å². The molecule has 0 saturated carbocycles. The van der Waals surface area contributed by atoms with E-state index in [4.69, 9.17) is 11.6 Å². The van der Waals surface area contributed by atoms with Gasteiger partial charge < -0.3 is 5.32 Å². The summed E-state index contributed by atoms with van der Waals surface area (Å²) in [7, 11) is 0. The highest BCUT2D eigenvalue weighted by Gasteiger charge is 2.40. The van der Waals surface area contributed by atoms with Crippen LogP contribution in [0.3, 0.4) is 0 Å². The van der Waals surface area contributed by atoms with E-state index in [-0.39, 0.29) is 22.6 Å². The fourth-order valence-electron chi connectivity index (χ4n) is 3.38. The molecule has 0 fully saturated rings. The van der Waals surface area contributed by atoms with E-state index >= 15 is 0 Å². The van der Waals surface area contributed by atoms with E-state index in [1.807, 2.05) is 0 Å². The number of anilines is 2. The Hall–Kier alpha value is -4.04. The molecule has 9 heteroatoms. The van der Waals surface area contributed by atoms with Crippen LogP contribution in [-0.4, -0.2) is 16.7 Å². The fraction of sp³-hybridized carbons (Fsp3) is 0.0435. The quantitative estimate of drug-likeness (QED) is 0.331. The lowest BCUT2D eigenvalue weighted by atomic mass is 10.0. The first-order valence-corrected chi connectivity index (χ1v) is 9.80. The second-order valence-electron chi connectivity index (χ2n) is 7.06. The van der Waals surface area contributed by atoms with Crippen molar-refractivity contribution >= 4 is 46.1 Å². The Morgan fingerprint density at radius 3 is 2.38 bits per heavy atom. The van der Waals surface area contributed by atoms with Crippen LogP contribution in [0, 0.1) is 22.9 Å². The third-order valence-electron chi connectivity index (χ3n) is 4.98. The molecule has 0 spiro atoms. The van der Waals surface area contributed by atoms with Crippen molar-refractivity contribution < 1.29 is 18.9 Å². The van der Waals surface area contributed by atoms with E-state index in [0.29, 0.717) is 16.3 Å². The zero-order valence-electron chi connectivity index (χ0n) is 16.6. The summed E-state index contributed by atoms with van der Waals surface area (Å²) in [6.07, 6.45) is 0. The van der Waals surface area contributed by atoms with Crippen molar-refractivity contribution in [2.24, 2.45) is 0 Å². The Morgan fingerprint density at radius 1 is 1.00 bits per heavy atom. The number of non-ortho nitro benzene ring substituents is 1. The van der Waals surface area contributed by atoms with Crippen LogP contribution in [0.4, 0.5) is 21.5 Å². The molecule has 0 unspecified atom stereocenters. The second-order valence-corrected chi connectivity index (χ2v) is 7.50. The van der Waals surface area contributed by atoms with Gasteiger partial charge in [0.2, 0.25) is 0 Å². The summed E-state index contributed by atoms with van der Waals surface area (Å²) in [5.74, 6) is -1.97. The van der Waals surface area contributed by atoms with Crippen LogP contribution in [0.2, 0.25) is 5.02 Å². The van der Waals surface area contributed by atoms with Crippen molar-refractivity contribution in [2.45, 2.75) is 6.92 Å². The van der Waals surface area contributed by atoms with Crippen molar-refractivity contribution in [3.05, 3.63) is 105 Å². The molecule has 7 nitrogen and oxygen atoms in total. The molecule has 0 atom stereocenters. The van der Waals surface area contributed by atoms with Gasteiger partial charge in [-0.15, -0.1) is 0 Å². The molecule has 0 aromatic heterocycles. The number of rotatable bonds is 5. The molecule has 1 aliphatic rings. The number of aryl methyl sites for hydroxylation is 1. The number of nitro benzene ring substituents is 1. The summed E-state index contributed by atoms with van der Waals surface area (Å²) < 4.78 is 13.8. The lowest BCUT2D eigenvalue weighted by Crippen LogP contribution is -2.32. The smallest absolute Gasteiger partial charge is 0.282 e. The van der Waals surface area contributed by atoms with E-state index in [1.54, 1.807) is 25.1 Å². The van der Waals surface area contributed by atoms with Crippen LogP contribution in [0.5, 0.6) is 0 Å². The predicted molar refractivity (Wildman–Crippen MR) is 119 cm³/mol. The van der Waals surface area contributed by atoms with Crippen LogP contribution in [-0.2, 0) is 9.59 Å². The van der Waals surface area contributed by atoms with Crippen LogP contribution in [0.1, 0.15) is 11.1 Å². The molecule has 32 heavy (non-hydrogen) atoms. The molecule has 2 amide bonds. The maximum absolute atomic E-state index is 13.8. The highest BCUT2D eigenvalue weighted by Crippen LogP contribution is 2.35. The molecule has 0 saturated heterocycles. The minimum absolute atomic E-state index is 0.00790. The van der Waals surface area contributed by atoms with Gasteiger partial charge in [0, 0.05) is 22.8 Å². The number of nitro groups is 1. The normalized spacial score (nSPS) is 13.7. The van der Waals surface area contributed by atoms with Gasteiger partial charge in [0.1, 0.15) is 11.5 Å². The van der Waals surface area contributed by atoms with Crippen LogP contribution in [0.15, 0.2) is 72.4 Å². The lowest BCUT2D eigenvalue weighted by molar-refractivity contribution is -0.384. The van der Waals surface area contributed by atoms with Gasteiger partial charge in [0.05, 0.1) is 16.2 Å². The number of nitrogens with zero attached hydrogens (tertiary/aromatic N) is 2. The molecule has 1 aliphatic heterocycles. The van der Waals surface area contributed by atoms with Gasteiger partial charge in [-0.05, 0) is 60.5 Å². The molecule has 4 rings (SSSR count). The molecule has 3 aromatic carbocycles. The van der Waals surface area contributed by atoms with E-state index in [1.165, 1.54) is 42.5 Å². The summed E-state index contributed by atoms with van der Waals surface area (Å²) in [5, 5.41) is 14.4. The van der Waals surface area contributed by atoms with Crippen molar-refractivity contribution in [2.75, 3.05) is 10.2 Å². The number of hydrogen-bond acceptors (Lipinski definition) is 5. The van der Waals surface area contributed by atoms with E-state index in [2.05, 4.69) is 5.32 Å². The molecular weight excluding hydrogens is 437 g/mol. The number of carbonyl (C=O) groups is 2. The Kier molecular flexibility index (Phi) is 5.46. The standard InChI is InChI=1S/C23H15ClFN3O4/c1-13-5-8-15(24)11-19(13)26-21-20(14-6-9-17(10-7-14)28(31)32)22(29)27(23(21)30)18-4-2-3-16(25)12-18/h2-12,26H,1H3. The minimum atomic E-state index is -0.687. The molecule has 1 heterocycles. The Balaban J connectivity index is 1.85. The lowest BCUT2D eigenvalue weighted by Gasteiger charge is -2.16. The minimum Gasteiger partial charge on any atom is -0.350 e. The number of hydrogen-bond donors (Lipinski definition) is 1. The first-order chi connectivity index (χ1) is 15.3. The summed E-state index contributed by atoms with van der Waals surface area (Å²) in [6.45, 7) is 1.80. The summed E-state index contributed by atoms with van der Waals surface area (Å²) in [5.41, 5.74) is 1.46. The molecule has 160 valence electrons. The van der Waals surface area contributed by atoms with Gasteiger partial charge in [-0.1, -0.05) is 23.7 Å². The summed E-state index contributed by atoms with van der Waals surface area (Å²) >= 11 is 6.09. The summed E-state index contributed by atoms with van der Waals surface area (Å²) in [4.78, 5) is 37.9. The maximum Gasteiger partial charge on any atom is 0.282 e. The number of nitrogens with one attached hydrogen (secondary N) is 1. The zero-order chi connectivity index (χ0) is 23.0. The van der Waals surface area contributed by atoms with Gasteiger partial charge in [-0.2, -0.15) is 0 Å². The number of imide groups is 1. The van der Waals surface area contributed by atoms with Gasteiger partial charge >= 0.3 is 0 Å². The number of amides is 2. The largest absolute Gasteiger partial charge is 0.350 e. The monoisotopic (exact) mass is 451 g/mol. The second kappa shape index (κ2) is 8.24. The van der Waals surface area contributed by atoms with E-state index < -0.39 is 22.6 Å². The summed E-state index contributed by atoms with van der Waals surface area (Å²) in [6, 6.07) is 15.4. The third kappa shape index (κ3) is 3.83. The fourth-order valence-corrected chi connectivity index (χ4v) is 3.55. The highest BCUT2D eigenvalue weighted by atomic mass is 35.5. The average Bonchev–Trinajstić information content (AvgIpc) is 3.00. The molecule has 3 aromatic rings. The first-order valence-electron chi connectivity index (χ1n) is 9.43. The Labute approximate surface area is 186 Å². The van der Waals surface area contributed by atoms with Gasteiger partial charge in [0.25, 0.3) is 17.5 Å². The molecule has 0 aliphatic carbocycles.